The van der Waals surface area contributed by atoms with E-state index >= 15 is 0 Å². The molecule has 2 rings (SSSR count). The van der Waals surface area contributed by atoms with E-state index in [2.05, 4.69) is 10.4 Å². The average molecular weight is 277 g/mol. The molecule has 0 bridgehead atoms. The minimum absolute atomic E-state index is 0.154. The zero-order valence-electron chi connectivity index (χ0n) is 11.5. The first-order chi connectivity index (χ1) is 9.40. The lowest BCUT2D eigenvalue weighted by Crippen LogP contribution is -2.13. The third-order valence-electron chi connectivity index (χ3n) is 3.16. The Labute approximate surface area is 116 Å². The molecule has 0 radical (unpaired) electrons. The molecule has 0 fully saturated rings. The van der Waals surface area contributed by atoms with E-state index in [-0.39, 0.29) is 17.4 Å². The third-order valence-corrected chi connectivity index (χ3v) is 3.16. The molecule has 6 heteroatoms. The van der Waals surface area contributed by atoms with Crippen molar-refractivity contribution in [1.29, 1.82) is 0 Å². The lowest BCUT2D eigenvalue weighted by atomic mass is 10.1. The van der Waals surface area contributed by atoms with Crippen molar-refractivity contribution in [2.45, 2.75) is 19.9 Å². The van der Waals surface area contributed by atoms with E-state index in [1.807, 2.05) is 6.92 Å². The number of nitrogens with zero attached hydrogens (tertiary/aromatic N) is 2. The maximum Gasteiger partial charge on any atom is 0.341 e. The molecule has 20 heavy (non-hydrogen) atoms. The highest BCUT2D eigenvalue weighted by Crippen LogP contribution is 2.24. The van der Waals surface area contributed by atoms with Crippen molar-refractivity contribution in [3.63, 3.8) is 0 Å². The summed E-state index contributed by atoms with van der Waals surface area (Å²) in [6, 6.07) is 5.91. The molecule has 5 nitrogen and oxygen atoms in total. The second kappa shape index (κ2) is 5.32. The van der Waals surface area contributed by atoms with Gasteiger partial charge >= 0.3 is 5.97 Å². The van der Waals surface area contributed by atoms with Gasteiger partial charge in [-0.2, -0.15) is 5.10 Å². The zero-order chi connectivity index (χ0) is 14.9. The largest absolute Gasteiger partial charge is 0.477 e. The van der Waals surface area contributed by atoms with Crippen LogP contribution >= 0.6 is 0 Å². The Morgan fingerprint density at radius 3 is 2.55 bits per heavy atom. The number of aryl methyl sites for hydroxylation is 2. The molecule has 0 aliphatic carbocycles. The fourth-order valence-electron chi connectivity index (χ4n) is 2.12. The highest BCUT2D eigenvalue weighted by Gasteiger charge is 2.21. The van der Waals surface area contributed by atoms with Gasteiger partial charge in [0.1, 0.15) is 17.2 Å². The second-order valence-electron chi connectivity index (χ2n) is 4.66. The normalized spacial score (nSPS) is 12.2. The summed E-state index contributed by atoms with van der Waals surface area (Å²) in [5.74, 6) is -0.889. The molecule has 0 spiro atoms. The monoisotopic (exact) mass is 277 g/mol. The van der Waals surface area contributed by atoms with E-state index in [1.165, 1.54) is 16.8 Å². The van der Waals surface area contributed by atoms with Gasteiger partial charge in [-0.15, -0.1) is 0 Å². The third kappa shape index (κ3) is 2.64. The van der Waals surface area contributed by atoms with Crippen LogP contribution in [0.15, 0.2) is 24.3 Å². The van der Waals surface area contributed by atoms with Gasteiger partial charge in [0.15, 0.2) is 0 Å². The van der Waals surface area contributed by atoms with Crippen LogP contribution in [0, 0.1) is 12.7 Å². The Bertz CT molecular complexity index is 635. The summed E-state index contributed by atoms with van der Waals surface area (Å²) < 4.78 is 14.4. The highest BCUT2D eigenvalue weighted by atomic mass is 19.1. The van der Waals surface area contributed by atoms with Gasteiger partial charge in [0.2, 0.25) is 0 Å². The van der Waals surface area contributed by atoms with E-state index in [4.69, 9.17) is 0 Å². The molecule has 1 atom stereocenters. The molecule has 0 saturated carbocycles. The van der Waals surface area contributed by atoms with E-state index in [0.717, 1.165) is 5.56 Å². The zero-order valence-corrected chi connectivity index (χ0v) is 11.5. The molecule has 0 aliphatic rings. The summed E-state index contributed by atoms with van der Waals surface area (Å²) in [6.07, 6.45) is 0. The maximum absolute atomic E-state index is 12.9. The predicted molar refractivity (Wildman–Crippen MR) is 73.3 cm³/mol. The predicted octanol–water partition coefficient (Wildman–Crippen LogP) is 2.74. The minimum Gasteiger partial charge on any atom is -0.477 e. The Morgan fingerprint density at radius 1 is 1.40 bits per heavy atom. The van der Waals surface area contributed by atoms with E-state index < -0.39 is 5.97 Å². The van der Waals surface area contributed by atoms with Gasteiger partial charge in [-0.25, -0.2) is 9.18 Å². The van der Waals surface area contributed by atoms with Crippen molar-refractivity contribution in [2.24, 2.45) is 7.05 Å². The first-order valence-corrected chi connectivity index (χ1v) is 6.19. The summed E-state index contributed by atoms with van der Waals surface area (Å²) in [4.78, 5) is 11.3. The van der Waals surface area contributed by atoms with Crippen LogP contribution in [0.2, 0.25) is 0 Å². The van der Waals surface area contributed by atoms with Crippen molar-refractivity contribution in [1.82, 2.24) is 9.78 Å². The minimum atomic E-state index is -1.02. The van der Waals surface area contributed by atoms with Crippen molar-refractivity contribution in [2.75, 3.05) is 5.32 Å². The summed E-state index contributed by atoms with van der Waals surface area (Å²) in [5.41, 5.74) is 1.47. The molecule has 1 heterocycles. The van der Waals surface area contributed by atoms with Crippen LogP contribution < -0.4 is 5.32 Å². The number of anilines is 1. The molecule has 0 saturated heterocycles. The fourth-order valence-corrected chi connectivity index (χ4v) is 2.12. The van der Waals surface area contributed by atoms with Crippen LogP contribution in [0.1, 0.15) is 34.6 Å². The number of aromatic carboxylic acids is 1. The van der Waals surface area contributed by atoms with Crippen LogP contribution in [0.25, 0.3) is 0 Å². The molecular weight excluding hydrogens is 261 g/mol. The molecule has 2 aromatic rings. The summed E-state index contributed by atoms with van der Waals surface area (Å²) in [6.45, 7) is 3.53. The van der Waals surface area contributed by atoms with E-state index in [9.17, 15) is 14.3 Å². The number of aromatic nitrogens is 2. The van der Waals surface area contributed by atoms with Crippen LogP contribution in [-0.4, -0.2) is 20.9 Å². The Hall–Kier alpha value is -2.37. The average Bonchev–Trinajstić information content (AvgIpc) is 2.64. The number of carboxylic acid groups (broad SMARTS) is 1. The number of halogens is 1. The first kappa shape index (κ1) is 14.0. The molecule has 1 aromatic carbocycles. The summed E-state index contributed by atoms with van der Waals surface area (Å²) in [7, 11) is 1.68. The Kier molecular flexibility index (Phi) is 3.74. The van der Waals surface area contributed by atoms with Crippen LogP contribution in [0.3, 0.4) is 0 Å². The molecule has 1 aromatic heterocycles. The van der Waals surface area contributed by atoms with Gasteiger partial charge in [-0.1, -0.05) is 12.1 Å². The van der Waals surface area contributed by atoms with Crippen molar-refractivity contribution < 1.29 is 14.3 Å². The van der Waals surface area contributed by atoms with Gasteiger partial charge in [0.25, 0.3) is 0 Å². The van der Waals surface area contributed by atoms with Gasteiger partial charge < -0.3 is 10.4 Å². The number of benzene rings is 1. The first-order valence-electron chi connectivity index (χ1n) is 6.19. The Balaban J connectivity index is 2.30. The van der Waals surface area contributed by atoms with Crippen LogP contribution in [0.5, 0.6) is 0 Å². The van der Waals surface area contributed by atoms with E-state index in [1.54, 1.807) is 26.1 Å². The van der Waals surface area contributed by atoms with Gasteiger partial charge in [0.05, 0.1) is 5.69 Å². The second-order valence-corrected chi connectivity index (χ2v) is 4.66. The fraction of sp³-hybridized carbons (Fsp3) is 0.286. The smallest absolute Gasteiger partial charge is 0.341 e. The quantitative estimate of drug-likeness (QED) is 0.901. The highest BCUT2D eigenvalue weighted by molar-refractivity contribution is 5.94. The molecule has 2 N–H and O–H groups in total. The van der Waals surface area contributed by atoms with Gasteiger partial charge in [-0.3, -0.25) is 4.68 Å². The Morgan fingerprint density at radius 2 is 2.00 bits per heavy atom. The molecular formula is C14H16FN3O2. The number of carboxylic acids is 1. The summed E-state index contributed by atoms with van der Waals surface area (Å²) >= 11 is 0. The van der Waals surface area contributed by atoms with Gasteiger partial charge in [-0.05, 0) is 31.5 Å². The van der Waals surface area contributed by atoms with Crippen molar-refractivity contribution >= 4 is 11.8 Å². The topological polar surface area (TPSA) is 67.2 Å². The number of nitrogens with one attached hydrogen (secondary N) is 1. The number of hydrogen-bond acceptors (Lipinski definition) is 3. The lowest BCUT2D eigenvalue weighted by molar-refractivity contribution is 0.0697. The molecule has 0 amide bonds. The maximum atomic E-state index is 12.9. The molecule has 0 aliphatic heterocycles. The molecule has 1 unspecified atom stereocenters. The summed E-state index contributed by atoms with van der Waals surface area (Å²) in [5, 5.41) is 16.5. The number of hydrogen-bond donors (Lipinski definition) is 2. The van der Waals surface area contributed by atoms with Crippen molar-refractivity contribution in [3.05, 3.63) is 46.9 Å². The number of rotatable bonds is 4. The number of carbonyl (C=O) groups is 1. The van der Waals surface area contributed by atoms with Crippen molar-refractivity contribution in [3.8, 4) is 0 Å². The van der Waals surface area contributed by atoms with Gasteiger partial charge in [0, 0.05) is 13.1 Å². The van der Waals surface area contributed by atoms with Crippen LogP contribution in [0.4, 0.5) is 10.2 Å². The van der Waals surface area contributed by atoms with Crippen LogP contribution in [-0.2, 0) is 7.05 Å². The SMILES string of the molecule is Cc1nn(C)c(NC(C)c2ccc(F)cc2)c1C(=O)O. The standard InChI is InChI=1S/C14H16FN3O2/c1-8(10-4-6-11(15)7-5-10)16-13-12(14(19)20)9(2)17-18(13)3/h4-8,16H,1-3H3,(H,19,20). The lowest BCUT2D eigenvalue weighted by Gasteiger charge is -2.16. The molecule has 106 valence electrons. The van der Waals surface area contributed by atoms with E-state index in [0.29, 0.717) is 11.5 Å².